The molecule has 0 aliphatic carbocycles. The van der Waals surface area contributed by atoms with Crippen LogP contribution in [-0.2, 0) is 25.5 Å². The maximum Gasteiger partial charge on any atom is 0.310 e. The van der Waals surface area contributed by atoms with Crippen LogP contribution in [0.5, 0.6) is 0 Å². The van der Waals surface area contributed by atoms with Gasteiger partial charge < -0.3 is 15.4 Å². The summed E-state index contributed by atoms with van der Waals surface area (Å²) in [5.74, 6) is -0.0311. The van der Waals surface area contributed by atoms with Gasteiger partial charge in [0.15, 0.2) is 6.61 Å². The van der Waals surface area contributed by atoms with Crippen molar-refractivity contribution in [2.75, 3.05) is 24.2 Å². The van der Waals surface area contributed by atoms with E-state index in [2.05, 4.69) is 22.8 Å². The lowest BCUT2D eigenvalue weighted by molar-refractivity contribution is -0.147. The third-order valence-electron chi connectivity index (χ3n) is 3.64. The quantitative estimate of drug-likeness (QED) is 0.364. The second kappa shape index (κ2) is 11.8. The van der Waals surface area contributed by atoms with Crippen LogP contribution < -0.4 is 10.6 Å². The number of anilines is 1. The smallest absolute Gasteiger partial charge is 0.310 e. The van der Waals surface area contributed by atoms with Crippen LogP contribution in [0.3, 0.4) is 0 Å². The number of benzene rings is 2. The average Bonchev–Trinajstić information content (AvgIpc) is 2.68. The molecule has 2 aromatic rings. The summed E-state index contributed by atoms with van der Waals surface area (Å²) in [6, 6.07) is 17.0. The molecule has 0 spiro atoms. The highest BCUT2D eigenvalue weighted by Gasteiger charge is 2.08. The standard InChI is InChI=1S/C21H24N2O4S/c1-16(24)23-18-10-8-17(9-11-18)14-21(26)27-15-20(25)22-12-5-13-28-19-6-3-2-4-7-19/h2-4,6-11H,5,12-15H2,1H3,(H,22,25)(H,23,24). The molecule has 0 aromatic heterocycles. The molecule has 2 aromatic carbocycles. The van der Waals surface area contributed by atoms with Crippen molar-refractivity contribution in [3.8, 4) is 0 Å². The van der Waals surface area contributed by atoms with Crippen molar-refractivity contribution in [3.05, 3.63) is 60.2 Å². The van der Waals surface area contributed by atoms with Gasteiger partial charge in [-0.1, -0.05) is 30.3 Å². The molecule has 0 unspecified atom stereocenters. The van der Waals surface area contributed by atoms with E-state index in [1.54, 1.807) is 36.0 Å². The van der Waals surface area contributed by atoms with Gasteiger partial charge in [-0.3, -0.25) is 14.4 Å². The molecular formula is C21H24N2O4S. The summed E-state index contributed by atoms with van der Waals surface area (Å²) in [5.41, 5.74) is 1.41. The fourth-order valence-electron chi connectivity index (χ4n) is 2.33. The van der Waals surface area contributed by atoms with Crippen LogP contribution >= 0.6 is 11.8 Å². The Hall–Kier alpha value is -2.80. The Balaban J connectivity index is 1.57. The largest absolute Gasteiger partial charge is 0.455 e. The van der Waals surface area contributed by atoms with E-state index in [0.29, 0.717) is 12.2 Å². The predicted molar refractivity (Wildman–Crippen MR) is 110 cm³/mol. The van der Waals surface area contributed by atoms with Crippen molar-refractivity contribution in [2.45, 2.75) is 24.7 Å². The van der Waals surface area contributed by atoms with Gasteiger partial charge in [0.1, 0.15) is 0 Å². The average molecular weight is 401 g/mol. The van der Waals surface area contributed by atoms with E-state index >= 15 is 0 Å². The van der Waals surface area contributed by atoms with Crippen molar-refractivity contribution in [2.24, 2.45) is 0 Å². The van der Waals surface area contributed by atoms with Crippen LogP contribution in [0.2, 0.25) is 0 Å². The van der Waals surface area contributed by atoms with E-state index in [4.69, 9.17) is 4.74 Å². The number of rotatable bonds is 10. The zero-order chi connectivity index (χ0) is 20.2. The van der Waals surface area contributed by atoms with Crippen LogP contribution in [0.4, 0.5) is 5.69 Å². The molecule has 0 aliphatic rings. The van der Waals surface area contributed by atoms with Gasteiger partial charge in [0.2, 0.25) is 5.91 Å². The number of ether oxygens (including phenoxy) is 1. The fourth-order valence-corrected chi connectivity index (χ4v) is 3.20. The number of nitrogens with one attached hydrogen (secondary N) is 2. The minimum atomic E-state index is -0.470. The van der Waals surface area contributed by atoms with E-state index in [-0.39, 0.29) is 24.8 Å². The lowest BCUT2D eigenvalue weighted by Crippen LogP contribution is -2.30. The first-order valence-electron chi connectivity index (χ1n) is 8.99. The lowest BCUT2D eigenvalue weighted by atomic mass is 10.1. The van der Waals surface area contributed by atoms with Crippen LogP contribution in [0, 0.1) is 0 Å². The lowest BCUT2D eigenvalue weighted by Gasteiger charge is -2.07. The maximum absolute atomic E-state index is 11.8. The third-order valence-corrected chi connectivity index (χ3v) is 4.74. The van der Waals surface area contributed by atoms with E-state index in [0.717, 1.165) is 17.7 Å². The Morgan fingerprint density at radius 3 is 2.39 bits per heavy atom. The monoisotopic (exact) mass is 400 g/mol. The van der Waals surface area contributed by atoms with Crippen molar-refractivity contribution in [3.63, 3.8) is 0 Å². The highest BCUT2D eigenvalue weighted by atomic mass is 32.2. The Morgan fingerprint density at radius 2 is 1.71 bits per heavy atom. The van der Waals surface area contributed by atoms with Crippen molar-refractivity contribution in [1.29, 1.82) is 0 Å². The maximum atomic E-state index is 11.8. The number of amides is 2. The molecule has 0 fully saturated rings. The Labute approximate surface area is 169 Å². The highest BCUT2D eigenvalue weighted by molar-refractivity contribution is 7.99. The van der Waals surface area contributed by atoms with Crippen molar-refractivity contribution >= 4 is 35.2 Å². The molecule has 28 heavy (non-hydrogen) atoms. The number of carbonyl (C=O) groups is 3. The summed E-state index contributed by atoms with van der Waals surface area (Å²) < 4.78 is 5.00. The number of esters is 1. The number of thioether (sulfide) groups is 1. The summed E-state index contributed by atoms with van der Waals surface area (Å²) in [7, 11) is 0. The molecule has 6 nitrogen and oxygen atoms in total. The first-order valence-corrected chi connectivity index (χ1v) is 9.98. The van der Waals surface area contributed by atoms with Crippen molar-refractivity contribution < 1.29 is 19.1 Å². The van der Waals surface area contributed by atoms with Gasteiger partial charge in [0.05, 0.1) is 6.42 Å². The molecule has 148 valence electrons. The first kappa shape index (κ1) is 21.5. The van der Waals surface area contributed by atoms with Crippen LogP contribution in [0.1, 0.15) is 18.9 Å². The second-order valence-electron chi connectivity index (χ2n) is 6.08. The molecule has 0 radical (unpaired) electrons. The molecule has 2 rings (SSSR count). The molecule has 0 saturated heterocycles. The minimum Gasteiger partial charge on any atom is -0.455 e. The number of hydrogen-bond donors (Lipinski definition) is 2. The van der Waals surface area contributed by atoms with Gasteiger partial charge in [-0.15, -0.1) is 11.8 Å². The third kappa shape index (κ3) is 8.73. The van der Waals surface area contributed by atoms with Crippen molar-refractivity contribution in [1.82, 2.24) is 5.32 Å². The zero-order valence-electron chi connectivity index (χ0n) is 15.8. The Kier molecular flexibility index (Phi) is 9.07. The van der Waals surface area contributed by atoms with Crippen LogP contribution in [0.15, 0.2) is 59.5 Å². The number of hydrogen-bond acceptors (Lipinski definition) is 5. The van der Waals surface area contributed by atoms with Crippen LogP contribution in [-0.4, -0.2) is 36.7 Å². The summed E-state index contributed by atoms with van der Waals surface area (Å²) in [5, 5.41) is 5.40. The normalized spacial score (nSPS) is 10.2. The summed E-state index contributed by atoms with van der Waals surface area (Å²) in [4.78, 5) is 35.8. The molecule has 0 aliphatic heterocycles. The Bertz CT molecular complexity index is 779. The highest BCUT2D eigenvalue weighted by Crippen LogP contribution is 2.17. The van der Waals surface area contributed by atoms with Gasteiger partial charge in [-0.2, -0.15) is 0 Å². The van der Waals surface area contributed by atoms with E-state index in [1.165, 1.54) is 11.8 Å². The van der Waals surface area contributed by atoms with Gasteiger partial charge in [-0.25, -0.2) is 0 Å². The van der Waals surface area contributed by atoms with Gasteiger partial charge in [0.25, 0.3) is 5.91 Å². The van der Waals surface area contributed by atoms with E-state index in [1.807, 2.05) is 18.2 Å². The molecule has 7 heteroatoms. The Morgan fingerprint density at radius 1 is 1.00 bits per heavy atom. The second-order valence-corrected chi connectivity index (χ2v) is 7.25. The molecule has 2 amide bonds. The fraction of sp³-hybridized carbons (Fsp3) is 0.286. The zero-order valence-corrected chi connectivity index (χ0v) is 16.6. The molecule has 0 saturated carbocycles. The van der Waals surface area contributed by atoms with Gasteiger partial charge in [-0.05, 0) is 42.0 Å². The minimum absolute atomic E-state index is 0.0708. The SMILES string of the molecule is CC(=O)Nc1ccc(CC(=O)OCC(=O)NCCCSc2ccccc2)cc1. The summed E-state index contributed by atoms with van der Waals surface area (Å²) in [6.45, 7) is 1.69. The predicted octanol–water partition coefficient (Wildman–Crippen LogP) is 3.03. The summed E-state index contributed by atoms with van der Waals surface area (Å²) >= 11 is 1.74. The number of carbonyl (C=O) groups excluding carboxylic acids is 3. The molecule has 0 bridgehead atoms. The molecule has 0 heterocycles. The first-order chi connectivity index (χ1) is 13.5. The summed E-state index contributed by atoms with van der Waals surface area (Å²) in [6.07, 6.45) is 0.904. The van der Waals surface area contributed by atoms with E-state index < -0.39 is 5.97 Å². The van der Waals surface area contributed by atoms with Gasteiger partial charge in [0, 0.05) is 24.1 Å². The van der Waals surface area contributed by atoms with Crippen LogP contribution in [0.25, 0.3) is 0 Å². The van der Waals surface area contributed by atoms with E-state index in [9.17, 15) is 14.4 Å². The molecular weight excluding hydrogens is 376 g/mol. The molecule has 0 atom stereocenters. The topological polar surface area (TPSA) is 84.5 Å². The van der Waals surface area contributed by atoms with Gasteiger partial charge >= 0.3 is 5.97 Å². The molecule has 2 N–H and O–H groups in total.